The van der Waals surface area contributed by atoms with Gasteiger partial charge in [0.15, 0.2) is 0 Å². The second-order valence-electron chi connectivity index (χ2n) is 6.72. The van der Waals surface area contributed by atoms with Gasteiger partial charge in [-0.1, -0.05) is 12.1 Å². The Bertz CT molecular complexity index is 721. The SMILES string of the molecule is C[C@@H](O)[C@H](N)C(=O)NC1CCC(Oc2cccc3cnccc23)CC1. The summed E-state index contributed by atoms with van der Waals surface area (Å²) in [5.74, 6) is 0.587. The minimum absolute atomic E-state index is 0.0915. The van der Waals surface area contributed by atoms with Gasteiger partial charge in [-0.25, -0.2) is 0 Å². The van der Waals surface area contributed by atoms with E-state index in [9.17, 15) is 9.90 Å². The number of hydrogen-bond acceptors (Lipinski definition) is 5. The van der Waals surface area contributed by atoms with E-state index in [1.54, 1.807) is 6.20 Å². The van der Waals surface area contributed by atoms with Gasteiger partial charge >= 0.3 is 0 Å². The van der Waals surface area contributed by atoms with E-state index in [1.807, 2.05) is 30.5 Å². The molecule has 1 amide bonds. The monoisotopic (exact) mass is 343 g/mol. The van der Waals surface area contributed by atoms with Crippen LogP contribution in [-0.4, -0.2) is 40.3 Å². The quantitative estimate of drug-likeness (QED) is 0.768. The summed E-state index contributed by atoms with van der Waals surface area (Å²) in [6.07, 6.45) is 6.32. The number of nitrogens with two attached hydrogens (primary N) is 1. The second kappa shape index (κ2) is 7.80. The Balaban J connectivity index is 1.55. The molecule has 4 N–H and O–H groups in total. The number of benzene rings is 1. The van der Waals surface area contributed by atoms with Crippen LogP contribution in [0.25, 0.3) is 10.8 Å². The Hall–Kier alpha value is -2.18. The summed E-state index contributed by atoms with van der Waals surface area (Å²) in [6, 6.07) is 7.16. The normalized spacial score (nSPS) is 23.0. The van der Waals surface area contributed by atoms with Gasteiger partial charge in [0.1, 0.15) is 11.8 Å². The number of nitrogens with one attached hydrogen (secondary N) is 1. The molecule has 1 aromatic carbocycles. The molecular weight excluding hydrogens is 318 g/mol. The third-order valence-electron chi connectivity index (χ3n) is 4.78. The van der Waals surface area contributed by atoms with Crippen molar-refractivity contribution in [2.24, 2.45) is 5.73 Å². The van der Waals surface area contributed by atoms with Crippen LogP contribution in [0.4, 0.5) is 0 Å². The minimum atomic E-state index is -0.877. The zero-order valence-corrected chi connectivity index (χ0v) is 14.4. The molecule has 0 radical (unpaired) electrons. The van der Waals surface area contributed by atoms with Gasteiger partial charge in [0.05, 0.1) is 12.2 Å². The number of nitrogens with zero attached hydrogens (tertiary/aromatic N) is 1. The first kappa shape index (κ1) is 17.6. The molecule has 25 heavy (non-hydrogen) atoms. The Morgan fingerprint density at radius 1 is 1.32 bits per heavy atom. The van der Waals surface area contributed by atoms with Gasteiger partial charge in [-0.05, 0) is 44.7 Å². The summed E-state index contributed by atoms with van der Waals surface area (Å²) in [5, 5.41) is 14.5. The molecule has 2 atom stereocenters. The van der Waals surface area contributed by atoms with Crippen LogP contribution in [0.5, 0.6) is 5.75 Å². The molecule has 6 heteroatoms. The maximum absolute atomic E-state index is 11.9. The van der Waals surface area contributed by atoms with E-state index < -0.39 is 12.1 Å². The standard InChI is InChI=1S/C19H25N3O3/c1-12(23)18(20)19(24)22-14-5-7-15(8-6-14)25-17-4-2-3-13-11-21-10-9-16(13)17/h2-4,9-12,14-15,18,23H,5-8,20H2,1H3,(H,22,24)/t12-,14?,15?,18+/m1/s1. The number of hydrogen-bond donors (Lipinski definition) is 3. The molecule has 2 aromatic rings. The molecule has 134 valence electrons. The van der Waals surface area contributed by atoms with E-state index in [1.165, 1.54) is 6.92 Å². The molecule has 3 rings (SSSR count). The average Bonchev–Trinajstić information content (AvgIpc) is 2.63. The number of rotatable bonds is 5. The van der Waals surface area contributed by atoms with E-state index in [2.05, 4.69) is 10.3 Å². The van der Waals surface area contributed by atoms with Crippen LogP contribution in [-0.2, 0) is 4.79 Å². The third-order valence-corrected chi connectivity index (χ3v) is 4.78. The van der Waals surface area contributed by atoms with Crippen LogP contribution in [0, 0.1) is 0 Å². The molecule has 0 unspecified atom stereocenters. The highest BCUT2D eigenvalue weighted by Crippen LogP contribution is 2.29. The molecule has 1 aliphatic rings. The van der Waals surface area contributed by atoms with E-state index >= 15 is 0 Å². The summed E-state index contributed by atoms with van der Waals surface area (Å²) >= 11 is 0. The lowest BCUT2D eigenvalue weighted by Gasteiger charge is -2.30. The number of carbonyl (C=O) groups is 1. The maximum atomic E-state index is 11.9. The minimum Gasteiger partial charge on any atom is -0.490 e. The van der Waals surface area contributed by atoms with Crippen LogP contribution in [0.2, 0.25) is 0 Å². The maximum Gasteiger partial charge on any atom is 0.239 e. The van der Waals surface area contributed by atoms with Crippen molar-refractivity contribution in [1.82, 2.24) is 10.3 Å². The smallest absolute Gasteiger partial charge is 0.239 e. The molecular formula is C19H25N3O3. The highest BCUT2D eigenvalue weighted by atomic mass is 16.5. The number of aliphatic hydroxyl groups is 1. The number of aromatic nitrogens is 1. The largest absolute Gasteiger partial charge is 0.490 e. The predicted octanol–water partition coefficient (Wildman–Crippen LogP) is 1.75. The lowest BCUT2D eigenvalue weighted by molar-refractivity contribution is -0.125. The molecule has 1 fully saturated rings. The van der Waals surface area contributed by atoms with Crippen LogP contribution >= 0.6 is 0 Å². The van der Waals surface area contributed by atoms with Crippen molar-refractivity contribution < 1.29 is 14.6 Å². The van der Waals surface area contributed by atoms with Gasteiger partial charge in [0, 0.05) is 29.2 Å². The fourth-order valence-electron chi connectivity index (χ4n) is 3.22. The first-order chi connectivity index (χ1) is 12.0. The molecule has 1 aliphatic carbocycles. The zero-order valence-electron chi connectivity index (χ0n) is 14.4. The van der Waals surface area contributed by atoms with Gasteiger partial charge in [0.25, 0.3) is 0 Å². The summed E-state index contributed by atoms with van der Waals surface area (Å²) in [4.78, 5) is 16.1. The molecule has 0 spiro atoms. The van der Waals surface area contributed by atoms with Crippen molar-refractivity contribution in [2.75, 3.05) is 0 Å². The Morgan fingerprint density at radius 2 is 2.08 bits per heavy atom. The second-order valence-corrected chi connectivity index (χ2v) is 6.72. The fraction of sp³-hybridized carbons (Fsp3) is 0.474. The molecule has 0 aliphatic heterocycles. The Labute approximate surface area is 147 Å². The Morgan fingerprint density at radius 3 is 2.80 bits per heavy atom. The van der Waals surface area contributed by atoms with E-state index in [0.29, 0.717) is 0 Å². The van der Waals surface area contributed by atoms with Crippen LogP contribution in [0.3, 0.4) is 0 Å². The molecule has 1 heterocycles. The van der Waals surface area contributed by atoms with Crippen molar-refractivity contribution in [3.63, 3.8) is 0 Å². The average molecular weight is 343 g/mol. The molecule has 6 nitrogen and oxygen atoms in total. The Kier molecular flexibility index (Phi) is 5.50. The van der Waals surface area contributed by atoms with E-state index in [4.69, 9.17) is 10.5 Å². The molecule has 1 saturated carbocycles. The summed E-state index contributed by atoms with van der Waals surface area (Å²) in [7, 11) is 0. The first-order valence-electron chi connectivity index (χ1n) is 8.78. The zero-order chi connectivity index (χ0) is 17.8. The summed E-state index contributed by atoms with van der Waals surface area (Å²) < 4.78 is 6.20. The highest BCUT2D eigenvalue weighted by Gasteiger charge is 2.26. The van der Waals surface area contributed by atoms with Crippen LogP contribution in [0.15, 0.2) is 36.7 Å². The molecule has 0 bridgehead atoms. The van der Waals surface area contributed by atoms with Crippen molar-refractivity contribution in [2.45, 2.75) is 56.9 Å². The highest BCUT2D eigenvalue weighted by molar-refractivity contribution is 5.87. The number of aliphatic hydroxyl groups excluding tert-OH is 1. The topological polar surface area (TPSA) is 97.5 Å². The van der Waals surface area contributed by atoms with Crippen LogP contribution < -0.4 is 15.8 Å². The van der Waals surface area contributed by atoms with Crippen molar-refractivity contribution in [3.8, 4) is 5.75 Å². The van der Waals surface area contributed by atoms with Gasteiger partial charge in [-0.2, -0.15) is 0 Å². The molecule has 1 aromatic heterocycles. The number of ether oxygens (including phenoxy) is 1. The predicted molar refractivity (Wildman–Crippen MR) is 96.2 cm³/mol. The third kappa shape index (κ3) is 4.27. The lowest BCUT2D eigenvalue weighted by atomic mass is 9.92. The van der Waals surface area contributed by atoms with Gasteiger partial charge in [-0.3, -0.25) is 9.78 Å². The van der Waals surface area contributed by atoms with Crippen molar-refractivity contribution in [1.29, 1.82) is 0 Å². The van der Waals surface area contributed by atoms with E-state index in [0.717, 1.165) is 42.2 Å². The van der Waals surface area contributed by atoms with Gasteiger partial charge < -0.3 is 20.9 Å². The number of pyridine rings is 1. The number of amides is 1. The summed E-state index contributed by atoms with van der Waals surface area (Å²) in [5.41, 5.74) is 5.67. The number of carbonyl (C=O) groups excluding carboxylic acids is 1. The fourth-order valence-corrected chi connectivity index (χ4v) is 3.22. The van der Waals surface area contributed by atoms with Crippen molar-refractivity contribution >= 4 is 16.7 Å². The van der Waals surface area contributed by atoms with Gasteiger partial charge in [0.2, 0.25) is 5.91 Å². The van der Waals surface area contributed by atoms with Gasteiger partial charge in [-0.15, -0.1) is 0 Å². The van der Waals surface area contributed by atoms with Crippen molar-refractivity contribution in [3.05, 3.63) is 36.7 Å². The lowest BCUT2D eigenvalue weighted by Crippen LogP contribution is -2.51. The number of fused-ring (bicyclic) bond motifs is 1. The van der Waals surface area contributed by atoms with E-state index in [-0.39, 0.29) is 18.1 Å². The first-order valence-corrected chi connectivity index (χ1v) is 8.78. The van der Waals surface area contributed by atoms with Crippen LogP contribution in [0.1, 0.15) is 32.6 Å². The summed E-state index contributed by atoms with van der Waals surface area (Å²) in [6.45, 7) is 1.52. The molecule has 0 saturated heterocycles.